The number of sulfonamides is 1. The Morgan fingerprint density at radius 1 is 1.09 bits per heavy atom. The van der Waals surface area contributed by atoms with Crippen molar-refractivity contribution in [2.45, 2.75) is 31.6 Å². The van der Waals surface area contributed by atoms with Gasteiger partial charge < -0.3 is 14.6 Å². The van der Waals surface area contributed by atoms with Gasteiger partial charge in [0.25, 0.3) is 5.56 Å². The lowest BCUT2D eigenvalue weighted by Crippen LogP contribution is -2.47. The molecule has 178 valence electrons. The number of benzene rings is 1. The van der Waals surface area contributed by atoms with Gasteiger partial charge in [-0.05, 0) is 44.7 Å². The fourth-order valence-electron chi connectivity index (χ4n) is 4.28. The second-order valence-corrected chi connectivity index (χ2v) is 10.3. The van der Waals surface area contributed by atoms with Gasteiger partial charge in [-0.15, -0.1) is 0 Å². The van der Waals surface area contributed by atoms with Gasteiger partial charge in [0.15, 0.2) is 0 Å². The van der Waals surface area contributed by atoms with Gasteiger partial charge in [0.05, 0.1) is 22.9 Å². The van der Waals surface area contributed by atoms with Crippen molar-refractivity contribution < 1.29 is 13.2 Å². The average Bonchev–Trinajstić information content (AvgIpc) is 3.10. The van der Waals surface area contributed by atoms with Crippen LogP contribution in [0.4, 0.5) is 0 Å². The third-order valence-electron chi connectivity index (χ3n) is 6.04. The van der Waals surface area contributed by atoms with E-state index >= 15 is 0 Å². The van der Waals surface area contributed by atoms with Gasteiger partial charge in [-0.2, -0.15) is 9.40 Å². The van der Waals surface area contributed by atoms with Gasteiger partial charge in [-0.1, -0.05) is 13.3 Å². The number of fused-ring (bicyclic) bond motifs is 1. The minimum atomic E-state index is -3.67. The molecular formula is C23H31N5O4S. The minimum absolute atomic E-state index is 0.187. The maximum atomic E-state index is 13.3. The number of hydrogen-bond acceptors (Lipinski definition) is 6. The fourth-order valence-corrected chi connectivity index (χ4v) is 5.73. The Balaban J connectivity index is 1.85. The molecule has 0 amide bonds. The molecule has 4 rings (SSSR count). The standard InChI is InChI=1S/C23H31N5O4S/c1-5-7-19-18-15-20(24-23(29)22(18)27(4)25-19)17-14-16(8-9-21(17)32-6-2)33(30,31)28-12-10-26(3)11-13-28/h8-9,14-15H,5-7,10-13H2,1-4H3,(H,24,29). The topological polar surface area (TPSA) is 101 Å². The summed E-state index contributed by atoms with van der Waals surface area (Å²) in [7, 11) is 0.0677. The summed E-state index contributed by atoms with van der Waals surface area (Å²) >= 11 is 0. The lowest BCUT2D eigenvalue weighted by atomic mass is 10.1. The van der Waals surface area contributed by atoms with Crippen molar-refractivity contribution in [1.29, 1.82) is 0 Å². The van der Waals surface area contributed by atoms with Crippen LogP contribution in [0.15, 0.2) is 34.0 Å². The minimum Gasteiger partial charge on any atom is -0.493 e. The quantitative estimate of drug-likeness (QED) is 0.565. The van der Waals surface area contributed by atoms with Crippen molar-refractivity contribution in [2.24, 2.45) is 7.05 Å². The highest BCUT2D eigenvalue weighted by molar-refractivity contribution is 7.89. The monoisotopic (exact) mass is 473 g/mol. The average molecular weight is 474 g/mol. The van der Waals surface area contributed by atoms with Crippen molar-refractivity contribution in [3.05, 3.63) is 40.3 Å². The van der Waals surface area contributed by atoms with Crippen molar-refractivity contribution >= 4 is 20.9 Å². The van der Waals surface area contributed by atoms with E-state index in [0.717, 1.165) is 23.9 Å². The third-order valence-corrected chi connectivity index (χ3v) is 7.93. The summed E-state index contributed by atoms with van der Waals surface area (Å²) in [5.74, 6) is 0.519. The molecule has 1 saturated heterocycles. The Labute approximate surface area is 194 Å². The smallest absolute Gasteiger partial charge is 0.274 e. The van der Waals surface area contributed by atoms with Gasteiger partial charge in [-0.25, -0.2) is 8.42 Å². The summed E-state index contributed by atoms with van der Waals surface area (Å²) < 4.78 is 35.6. The van der Waals surface area contributed by atoms with Crippen molar-refractivity contribution in [2.75, 3.05) is 39.8 Å². The van der Waals surface area contributed by atoms with E-state index in [1.165, 1.54) is 4.31 Å². The number of aromatic nitrogens is 3. The summed E-state index contributed by atoms with van der Waals surface area (Å²) in [4.78, 5) is 18.2. The largest absolute Gasteiger partial charge is 0.493 e. The van der Waals surface area contributed by atoms with Crippen molar-refractivity contribution in [1.82, 2.24) is 24.0 Å². The second-order valence-electron chi connectivity index (χ2n) is 8.39. The molecule has 1 aliphatic rings. The normalized spacial score (nSPS) is 15.9. The summed E-state index contributed by atoms with van der Waals surface area (Å²) in [5, 5.41) is 5.29. The van der Waals surface area contributed by atoms with Crippen molar-refractivity contribution in [3.63, 3.8) is 0 Å². The van der Waals surface area contributed by atoms with Crippen LogP contribution in [0.1, 0.15) is 26.0 Å². The molecule has 0 aliphatic carbocycles. The van der Waals surface area contributed by atoms with Crippen LogP contribution in [0, 0.1) is 0 Å². The number of rotatable bonds is 7. The summed E-state index contributed by atoms with van der Waals surface area (Å²) in [6.07, 6.45) is 1.65. The second kappa shape index (κ2) is 9.28. The molecule has 0 unspecified atom stereocenters. The van der Waals surface area contributed by atoms with Crippen LogP contribution in [0.5, 0.6) is 5.75 Å². The first kappa shape index (κ1) is 23.5. The Morgan fingerprint density at radius 2 is 1.82 bits per heavy atom. The maximum absolute atomic E-state index is 13.3. The number of pyridine rings is 1. The van der Waals surface area contributed by atoms with Gasteiger partial charge in [0.2, 0.25) is 10.0 Å². The molecule has 9 nitrogen and oxygen atoms in total. The van der Waals surface area contributed by atoms with E-state index in [0.29, 0.717) is 55.3 Å². The first-order valence-electron chi connectivity index (χ1n) is 11.3. The molecule has 0 saturated carbocycles. The highest BCUT2D eigenvalue weighted by atomic mass is 32.2. The van der Waals surface area contributed by atoms with E-state index in [9.17, 15) is 13.2 Å². The third kappa shape index (κ3) is 4.42. The van der Waals surface area contributed by atoms with E-state index in [-0.39, 0.29) is 10.5 Å². The lowest BCUT2D eigenvalue weighted by molar-refractivity contribution is 0.222. The first-order valence-corrected chi connectivity index (χ1v) is 12.7. The highest BCUT2D eigenvalue weighted by Crippen LogP contribution is 2.33. The molecule has 3 aromatic rings. The maximum Gasteiger partial charge on any atom is 0.274 e. The zero-order valence-corrected chi connectivity index (χ0v) is 20.4. The van der Waals surface area contributed by atoms with Crippen LogP contribution >= 0.6 is 0 Å². The Hall–Kier alpha value is -2.69. The van der Waals surface area contributed by atoms with Crippen LogP contribution in [-0.2, 0) is 23.5 Å². The van der Waals surface area contributed by atoms with Crippen LogP contribution in [0.3, 0.4) is 0 Å². The molecule has 1 aromatic carbocycles. The number of nitrogens with zero attached hydrogens (tertiary/aromatic N) is 4. The highest BCUT2D eigenvalue weighted by Gasteiger charge is 2.28. The molecule has 0 bridgehead atoms. The zero-order chi connectivity index (χ0) is 23.8. The Bertz CT molecular complexity index is 1320. The number of aryl methyl sites for hydroxylation is 2. The van der Waals surface area contributed by atoms with Crippen LogP contribution in [0.25, 0.3) is 22.2 Å². The molecule has 2 aromatic heterocycles. The summed E-state index contributed by atoms with van der Waals surface area (Å²) in [6.45, 7) is 6.61. The molecule has 1 aliphatic heterocycles. The van der Waals surface area contributed by atoms with Gasteiger partial charge >= 0.3 is 0 Å². The molecule has 1 fully saturated rings. The predicted octanol–water partition coefficient (Wildman–Crippen LogP) is 2.22. The number of ether oxygens (including phenoxy) is 1. The molecule has 0 spiro atoms. The van der Waals surface area contributed by atoms with Gasteiger partial charge in [0, 0.05) is 44.2 Å². The van der Waals surface area contributed by atoms with E-state index in [4.69, 9.17) is 4.74 Å². The molecule has 0 radical (unpaired) electrons. The molecule has 3 heterocycles. The number of likely N-dealkylation sites (N-methyl/N-ethyl adjacent to an activating group) is 1. The van der Waals surface area contributed by atoms with Gasteiger partial charge in [0.1, 0.15) is 11.3 Å². The molecule has 33 heavy (non-hydrogen) atoms. The van der Waals surface area contributed by atoms with Crippen molar-refractivity contribution in [3.8, 4) is 17.0 Å². The summed E-state index contributed by atoms with van der Waals surface area (Å²) in [5.41, 5.74) is 2.13. The Kier molecular flexibility index (Phi) is 6.60. The molecule has 0 atom stereocenters. The van der Waals surface area contributed by atoms with E-state index in [2.05, 4.69) is 21.9 Å². The number of hydrogen-bond donors (Lipinski definition) is 1. The fraction of sp³-hybridized carbons (Fsp3) is 0.478. The molecule has 10 heteroatoms. The first-order chi connectivity index (χ1) is 15.8. The van der Waals surface area contributed by atoms with E-state index < -0.39 is 10.0 Å². The van der Waals surface area contributed by atoms with Crippen LogP contribution < -0.4 is 10.3 Å². The lowest BCUT2D eigenvalue weighted by Gasteiger charge is -2.31. The Morgan fingerprint density at radius 3 is 2.48 bits per heavy atom. The van der Waals surface area contributed by atoms with Crippen LogP contribution in [0.2, 0.25) is 0 Å². The van der Waals surface area contributed by atoms with E-state index in [1.807, 2.05) is 20.0 Å². The van der Waals surface area contributed by atoms with E-state index in [1.54, 1.807) is 29.9 Å². The summed E-state index contributed by atoms with van der Waals surface area (Å²) in [6, 6.07) is 6.72. The molecule has 1 N–H and O–H groups in total. The molecular weight excluding hydrogens is 442 g/mol. The van der Waals surface area contributed by atoms with Gasteiger partial charge in [-0.3, -0.25) is 9.48 Å². The van der Waals surface area contributed by atoms with Crippen LogP contribution in [-0.4, -0.2) is 72.2 Å². The SMILES string of the molecule is CCCc1nn(C)c2c(=O)[nH]c(-c3cc(S(=O)(=O)N4CCN(C)CC4)ccc3OCC)cc12. The number of aromatic amines is 1. The number of piperazine rings is 1. The predicted molar refractivity (Wildman–Crippen MR) is 128 cm³/mol. The zero-order valence-electron chi connectivity index (χ0n) is 19.6. The number of nitrogens with one attached hydrogen (secondary N) is 1. The number of H-pyrrole nitrogens is 1.